The summed E-state index contributed by atoms with van der Waals surface area (Å²) in [6.07, 6.45) is 1.06. The second kappa shape index (κ2) is 3.39. The number of halogens is 1. The predicted molar refractivity (Wildman–Crippen MR) is 61.8 cm³/mol. The molecule has 84 valence electrons. The molecule has 2 fully saturated rings. The van der Waals surface area contributed by atoms with Gasteiger partial charge < -0.3 is 10.0 Å². The molecule has 0 amide bonds. The van der Waals surface area contributed by atoms with Gasteiger partial charge >= 0.3 is 5.97 Å². The summed E-state index contributed by atoms with van der Waals surface area (Å²) in [6, 6.07) is 7.07. The molecule has 0 spiro atoms. The highest BCUT2D eigenvalue weighted by Gasteiger charge is 2.55. The average Bonchev–Trinajstić information content (AvgIpc) is 2.88. The van der Waals surface area contributed by atoms with Crippen LogP contribution in [0.1, 0.15) is 6.42 Å². The monoisotopic (exact) mass is 237 g/mol. The molecule has 3 unspecified atom stereocenters. The number of carboxylic acid groups (broad SMARTS) is 1. The summed E-state index contributed by atoms with van der Waals surface area (Å²) in [4.78, 5) is 13.2. The van der Waals surface area contributed by atoms with Gasteiger partial charge in [-0.1, -0.05) is 17.7 Å². The summed E-state index contributed by atoms with van der Waals surface area (Å²) in [5.74, 6) is 0.196. The lowest BCUT2D eigenvalue weighted by molar-refractivity contribution is -0.138. The number of anilines is 1. The lowest BCUT2D eigenvalue weighted by atomic mass is 10.1. The van der Waals surface area contributed by atoms with E-state index in [1.807, 2.05) is 23.1 Å². The van der Waals surface area contributed by atoms with Gasteiger partial charge in [-0.25, -0.2) is 4.79 Å². The van der Waals surface area contributed by atoms with Crippen molar-refractivity contribution in [3.8, 4) is 0 Å². The number of carbonyl (C=O) groups is 1. The van der Waals surface area contributed by atoms with Crippen LogP contribution in [0.15, 0.2) is 24.3 Å². The molecule has 1 aromatic carbocycles. The summed E-state index contributed by atoms with van der Waals surface area (Å²) < 4.78 is 0. The molecule has 4 heteroatoms. The number of aliphatic carboxylic acids is 1. The number of hydrogen-bond acceptors (Lipinski definition) is 2. The number of rotatable bonds is 2. The Morgan fingerprint density at radius 1 is 1.50 bits per heavy atom. The second-order valence-corrected chi connectivity index (χ2v) is 5.01. The minimum absolute atomic E-state index is 0.344. The van der Waals surface area contributed by atoms with Crippen molar-refractivity contribution in [2.75, 3.05) is 11.4 Å². The Hall–Kier alpha value is -1.22. The SMILES string of the molecule is O=C(O)C1C2CC2CN1c1cccc(Cl)c1. The first kappa shape index (κ1) is 9.97. The summed E-state index contributed by atoms with van der Waals surface area (Å²) in [7, 11) is 0. The van der Waals surface area contributed by atoms with Crippen LogP contribution in [0.3, 0.4) is 0 Å². The molecule has 3 atom stereocenters. The molecule has 1 saturated heterocycles. The van der Waals surface area contributed by atoms with Crippen molar-refractivity contribution in [2.45, 2.75) is 12.5 Å². The Bertz CT molecular complexity index is 448. The fourth-order valence-corrected chi connectivity index (χ4v) is 2.89. The minimum Gasteiger partial charge on any atom is -0.480 e. The van der Waals surface area contributed by atoms with Crippen LogP contribution in [-0.4, -0.2) is 23.7 Å². The molecular formula is C12H12ClNO2. The third kappa shape index (κ3) is 1.47. The van der Waals surface area contributed by atoms with Gasteiger partial charge in [0.25, 0.3) is 0 Å². The smallest absolute Gasteiger partial charge is 0.326 e. The average molecular weight is 238 g/mol. The number of benzene rings is 1. The first-order chi connectivity index (χ1) is 7.66. The maximum absolute atomic E-state index is 11.2. The van der Waals surface area contributed by atoms with Crippen LogP contribution in [0.2, 0.25) is 5.02 Å². The fourth-order valence-electron chi connectivity index (χ4n) is 2.70. The Morgan fingerprint density at radius 3 is 3.00 bits per heavy atom. The third-order valence-electron chi connectivity index (χ3n) is 3.54. The number of fused-ring (bicyclic) bond motifs is 1. The van der Waals surface area contributed by atoms with Gasteiger partial charge in [0.2, 0.25) is 0 Å². The zero-order valence-electron chi connectivity index (χ0n) is 8.64. The van der Waals surface area contributed by atoms with Crippen molar-refractivity contribution in [3.63, 3.8) is 0 Å². The fraction of sp³-hybridized carbons (Fsp3) is 0.417. The van der Waals surface area contributed by atoms with E-state index in [-0.39, 0.29) is 6.04 Å². The molecule has 1 heterocycles. The van der Waals surface area contributed by atoms with Gasteiger partial charge in [0.05, 0.1) is 0 Å². The molecule has 3 nitrogen and oxygen atoms in total. The van der Waals surface area contributed by atoms with E-state index < -0.39 is 5.97 Å². The van der Waals surface area contributed by atoms with Crippen LogP contribution in [0.25, 0.3) is 0 Å². The number of piperidine rings is 1. The molecule has 3 rings (SSSR count). The maximum Gasteiger partial charge on any atom is 0.326 e. The minimum atomic E-state index is -0.718. The van der Waals surface area contributed by atoms with Gasteiger partial charge in [-0.2, -0.15) is 0 Å². The van der Waals surface area contributed by atoms with Crippen molar-refractivity contribution >= 4 is 23.3 Å². The number of carboxylic acids is 1. The van der Waals surface area contributed by atoms with Crippen molar-refractivity contribution in [1.29, 1.82) is 0 Å². The molecule has 1 aromatic rings. The third-order valence-corrected chi connectivity index (χ3v) is 3.78. The first-order valence-electron chi connectivity index (χ1n) is 5.42. The molecule has 1 aliphatic carbocycles. The molecule has 1 saturated carbocycles. The first-order valence-corrected chi connectivity index (χ1v) is 5.79. The molecule has 0 bridgehead atoms. The highest BCUT2D eigenvalue weighted by molar-refractivity contribution is 6.30. The van der Waals surface area contributed by atoms with Gasteiger partial charge in [0.1, 0.15) is 6.04 Å². The normalized spacial score (nSPS) is 31.3. The Labute approximate surface area is 98.6 Å². The van der Waals surface area contributed by atoms with Crippen molar-refractivity contribution < 1.29 is 9.90 Å². The standard InChI is InChI=1S/C12H12ClNO2/c13-8-2-1-3-9(5-8)14-6-7-4-10(7)11(14)12(15)16/h1-3,5,7,10-11H,4,6H2,(H,15,16). The van der Waals surface area contributed by atoms with Gasteiger partial charge in [-0.3, -0.25) is 0 Å². The van der Waals surface area contributed by atoms with Crippen LogP contribution in [0, 0.1) is 11.8 Å². The number of hydrogen-bond donors (Lipinski definition) is 1. The summed E-state index contributed by atoms with van der Waals surface area (Å²) in [5, 5.41) is 9.89. The lowest BCUT2D eigenvalue weighted by Crippen LogP contribution is -2.39. The Morgan fingerprint density at radius 2 is 2.31 bits per heavy atom. The zero-order valence-corrected chi connectivity index (χ0v) is 9.39. The Kier molecular flexibility index (Phi) is 2.11. The quantitative estimate of drug-likeness (QED) is 0.858. The van der Waals surface area contributed by atoms with E-state index >= 15 is 0 Å². The van der Waals surface area contributed by atoms with Crippen LogP contribution in [0.4, 0.5) is 5.69 Å². The molecule has 0 radical (unpaired) electrons. The van der Waals surface area contributed by atoms with Gasteiger partial charge in [0, 0.05) is 17.3 Å². The van der Waals surface area contributed by atoms with Gasteiger partial charge in [-0.15, -0.1) is 0 Å². The van der Waals surface area contributed by atoms with E-state index in [2.05, 4.69) is 0 Å². The van der Waals surface area contributed by atoms with Crippen LogP contribution < -0.4 is 4.90 Å². The van der Waals surface area contributed by atoms with E-state index in [0.717, 1.165) is 18.7 Å². The summed E-state index contributed by atoms with van der Waals surface area (Å²) >= 11 is 5.92. The molecule has 0 aromatic heterocycles. The molecule has 1 N–H and O–H groups in total. The Balaban J connectivity index is 1.92. The summed E-state index contributed by atoms with van der Waals surface area (Å²) in [6.45, 7) is 0.849. The molecular weight excluding hydrogens is 226 g/mol. The predicted octanol–water partition coefficient (Wildman–Crippen LogP) is 2.25. The van der Waals surface area contributed by atoms with E-state index in [0.29, 0.717) is 16.9 Å². The molecule has 16 heavy (non-hydrogen) atoms. The largest absolute Gasteiger partial charge is 0.480 e. The van der Waals surface area contributed by atoms with Gasteiger partial charge in [-0.05, 0) is 36.5 Å². The maximum atomic E-state index is 11.2. The van der Waals surface area contributed by atoms with Gasteiger partial charge in [0.15, 0.2) is 0 Å². The van der Waals surface area contributed by atoms with Crippen LogP contribution in [0.5, 0.6) is 0 Å². The van der Waals surface area contributed by atoms with E-state index in [4.69, 9.17) is 11.6 Å². The zero-order chi connectivity index (χ0) is 11.3. The van der Waals surface area contributed by atoms with E-state index in [1.165, 1.54) is 0 Å². The van der Waals surface area contributed by atoms with Crippen molar-refractivity contribution in [2.24, 2.45) is 11.8 Å². The molecule has 1 aliphatic heterocycles. The van der Waals surface area contributed by atoms with Crippen molar-refractivity contribution in [1.82, 2.24) is 0 Å². The highest BCUT2D eigenvalue weighted by Crippen LogP contribution is 2.50. The molecule has 2 aliphatic rings. The summed E-state index contributed by atoms with van der Waals surface area (Å²) in [5.41, 5.74) is 0.923. The lowest BCUT2D eigenvalue weighted by Gasteiger charge is -2.26. The van der Waals surface area contributed by atoms with E-state index in [9.17, 15) is 9.90 Å². The van der Waals surface area contributed by atoms with Crippen molar-refractivity contribution in [3.05, 3.63) is 29.3 Å². The number of nitrogens with zero attached hydrogens (tertiary/aromatic N) is 1. The topological polar surface area (TPSA) is 40.5 Å². The second-order valence-electron chi connectivity index (χ2n) is 4.57. The van der Waals surface area contributed by atoms with Crippen LogP contribution >= 0.6 is 11.6 Å². The van der Waals surface area contributed by atoms with E-state index in [1.54, 1.807) is 6.07 Å². The highest BCUT2D eigenvalue weighted by atomic mass is 35.5. The van der Waals surface area contributed by atoms with Crippen LogP contribution in [-0.2, 0) is 4.79 Å².